The molecule has 0 saturated carbocycles. The van der Waals surface area contributed by atoms with Gasteiger partial charge in [-0.15, -0.1) is 0 Å². The molecule has 2 unspecified atom stereocenters. The Morgan fingerprint density at radius 3 is 2.57 bits per heavy atom. The summed E-state index contributed by atoms with van der Waals surface area (Å²) in [6.07, 6.45) is 5.33. The molecule has 0 aromatic rings. The first-order valence-corrected chi connectivity index (χ1v) is 8.67. The lowest BCUT2D eigenvalue weighted by Crippen LogP contribution is -2.43. The molecule has 2 saturated heterocycles. The van der Waals surface area contributed by atoms with Crippen molar-refractivity contribution in [2.75, 3.05) is 32.8 Å². The molecule has 0 radical (unpaired) electrons. The summed E-state index contributed by atoms with van der Waals surface area (Å²) in [5.41, 5.74) is 0.201. The van der Waals surface area contributed by atoms with Gasteiger partial charge in [-0.1, -0.05) is 20.8 Å². The molecule has 2 aliphatic heterocycles. The molecule has 0 aliphatic carbocycles. The predicted octanol–water partition coefficient (Wildman–Crippen LogP) is 2.89. The van der Waals surface area contributed by atoms with Gasteiger partial charge < -0.3 is 15.0 Å². The molecule has 2 rings (SSSR count). The first kappa shape index (κ1) is 16.6. The fourth-order valence-electron chi connectivity index (χ4n) is 3.55. The molecule has 122 valence electrons. The number of hydrogen-bond acceptors (Lipinski definition) is 2. The number of ether oxygens (including phenoxy) is 1. The number of guanidine groups is 1. The fourth-order valence-corrected chi connectivity index (χ4v) is 3.55. The molecule has 4 heteroatoms. The molecule has 21 heavy (non-hydrogen) atoms. The van der Waals surface area contributed by atoms with E-state index in [1.165, 1.54) is 25.7 Å². The Bertz CT molecular complexity index is 342. The maximum absolute atomic E-state index is 6.07. The molecule has 0 aromatic carbocycles. The number of nitrogens with zero attached hydrogens (tertiary/aromatic N) is 2. The third-order valence-corrected chi connectivity index (χ3v) is 4.51. The van der Waals surface area contributed by atoms with Gasteiger partial charge >= 0.3 is 0 Å². The zero-order chi connectivity index (χ0) is 15.3. The van der Waals surface area contributed by atoms with Gasteiger partial charge in [0.25, 0.3) is 0 Å². The van der Waals surface area contributed by atoms with Gasteiger partial charge in [0, 0.05) is 38.7 Å². The van der Waals surface area contributed by atoms with E-state index in [1.807, 2.05) is 0 Å². The van der Waals surface area contributed by atoms with Crippen LogP contribution >= 0.6 is 0 Å². The molecule has 0 amide bonds. The highest BCUT2D eigenvalue weighted by molar-refractivity contribution is 5.80. The van der Waals surface area contributed by atoms with E-state index in [4.69, 9.17) is 9.73 Å². The Hall–Kier alpha value is -0.770. The van der Waals surface area contributed by atoms with Crippen LogP contribution in [0.5, 0.6) is 0 Å². The van der Waals surface area contributed by atoms with Crippen molar-refractivity contribution in [3.05, 3.63) is 0 Å². The normalized spacial score (nSPS) is 28.0. The zero-order valence-electron chi connectivity index (χ0n) is 14.3. The average molecular weight is 295 g/mol. The van der Waals surface area contributed by atoms with E-state index < -0.39 is 0 Å². The lowest BCUT2D eigenvalue weighted by Gasteiger charge is -2.39. The number of aliphatic imine (C=N–C) groups is 1. The van der Waals surface area contributed by atoms with Crippen LogP contribution in [0.15, 0.2) is 4.99 Å². The smallest absolute Gasteiger partial charge is 0.193 e. The van der Waals surface area contributed by atoms with Gasteiger partial charge in [0.05, 0.1) is 6.10 Å². The van der Waals surface area contributed by atoms with E-state index in [9.17, 15) is 0 Å². The van der Waals surface area contributed by atoms with Gasteiger partial charge in [-0.3, -0.25) is 4.99 Å². The molecular formula is C17H33N3O. The van der Waals surface area contributed by atoms with Gasteiger partial charge in [-0.2, -0.15) is 0 Å². The van der Waals surface area contributed by atoms with Crippen molar-refractivity contribution in [1.29, 1.82) is 0 Å². The highest BCUT2D eigenvalue weighted by Crippen LogP contribution is 2.34. The van der Waals surface area contributed by atoms with E-state index >= 15 is 0 Å². The van der Waals surface area contributed by atoms with Gasteiger partial charge in [-0.25, -0.2) is 0 Å². The number of likely N-dealkylation sites (tertiary alicyclic amines) is 1. The van der Waals surface area contributed by atoms with Crippen LogP contribution in [-0.2, 0) is 4.74 Å². The summed E-state index contributed by atoms with van der Waals surface area (Å²) >= 11 is 0. The van der Waals surface area contributed by atoms with E-state index in [1.54, 1.807) is 0 Å². The Kier molecular flexibility index (Phi) is 5.91. The summed E-state index contributed by atoms with van der Waals surface area (Å²) in [4.78, 5) is 7.34. The lowest BCUT2D eigenvalue weighted by atomic mass is 9.78. The van der Waals surface area contributed by atoms with Crippen molar-refractivity contribution >= 4 is 5.96 Å². The highest BCUT2D eigenvalue weighted by Gasteiger charge is 2.35. The third kappa shape index (κ3) is 4.60. The molecular weight excluding hydrogens is 262 g/mol. The van der Waals surface area contributed by atoms with Crippen molar-refractivity contribution in [1.82, 2.24) is 10.2 Å². The zero-order valence-corrected chi connectivity index (χ0v) is 14.3. The SMILES string of the molecule is CCNC(=NCC1CCCOC1C(C)(C)C)N1CCCC1. The van der Waals surface area contributed by atoms with Crippen LogP contribution in [0, 0.1) is 11.3 Å². The molecule has 0 spiro atoms. The van der Waals surface area contributed by atoms with Crippen molar-refractivity contribution in [3.8, 4) is 0 Å². The van der Waals surface area contributed by atoms with Gasteiger partial charge in [0.2, 0.25) is 0 Å². The van der Waals surface area contributed by atoms with Crippen LogP contribution in [0.25, 0.3) is 0 Å². The Morgan fingerprint density at radius 2 is 1.95 bits per heavy atom. The second kappa shape index (κ2) is 7.48. The Morgan fingerprint density at radius 1 is 1.24 bits per heavy atom. The molecule has 1 N–H and O–H groups in total. The summed E-state index contributed by atoms with van der Waals surface area (Å²) in [6, 6.07) is 0. The molecule has 2 fully saturated rings. The van der Waals surface area contributed by atoms with Gasteiger partial charge in [0.15, 0.2) is 5.96 Å². The van der Waals surface area contributed by atoms with Crippen LogP contribution in [0.3, 0.4) is 0 Å². The maximum atomic E-state index is 6.07. The fraction of sp³-hybridized carbons (Fsp3) is 0.941. The van der Waals surface area contributed by atoms with Crippen LogP contribution in [0.2, 0.25) is 0 Å². The van der Waals surface area contributed by atoms with Crippen LogP contribution in [0.1, 0.15) is 53.4 Å². The third-order valence-electron chi connectivity index (χ3n) is 4.51. The molecule has 0 bridgehead atoms. The van der Waals surface area contributed by atoms with Crippen LogP contribution in [-0.4, -0.2) is 49.7 Å². The molecule has 2 heterocycles. The second-order valence-corrected chi connectivity index (χ2v) is 7.45. The second-order valence-electron chi connectivity index (χ2n) is 7.45. The number of rotatable bonds is 3. The highest BCUT2D eigenvalue weighted by atomic mass is 16.5. The summed E-state index contributed by atoms with van der Waals surface area (Å²) < 4.78 is 6.07. The van der Waals surface area contributed by atoms with Crippen LogP contribution in [0.4, 0.5) is 0 Å². The number of hydrogen-bond donors (Lipinski definition) is 1. The van der Waals surface area contributed by atoms with E-state index in [2.05, 4.69) is 37.9 Å². The first-order valence-electron chi connectivity index (χ1n) is 8.67. The van der Waals surface area contributed by atoms with Crippen LogP contribution < -0.4 is 5.32 Å². The topological polar surface area (TPSA) is 36.9 Å². The van der Waals surface area contributed by atoms with Gasteiger partial charge in [-0.05, 0) is 38.0 Å². The lowest BCUT2D eigenvalue weighted by molar-refractivity contribution is -0.0824. The van der Waals surface area contributed by atoms with Crippen molar-refractivity contribution in [2.24, 2.45) is 16.3 Å². The summed E-state index contributed by atoms with van der Waals surface area (Å²) in [5, 5.41) is 3.45. The molecule has 4 nitrogen and oxygen atoms in total. The van der Waals surface area contributed by atoms with Crippen molar-refractivity contribution in [2.45, 2.75) is 59.5 Å². The van der Waals surface area contributed by atoms with Gasteiger partial charge in [0.1, 0.15) is 0 Å². The molecule has 0 aromatic heterocycles. The van der Waals surface area contributed by atoms with Crippen molar-refractivity contribution in [3.63, 3.8) is 0 Å². The number of nitrogens with one attached hydrogen (secondary N) is 1. The largest absolute Gasteiger partial charge is 0.377 e. The first-order chi connectivity index (χ1) is 10.0. The average Bonchev–Trinajstić information content (AvgIpc) is 2.97. The minimum Gasteiger partial charge on any atom is -0.377 e. The summed E-state index contributed by atoms with van der Waals surface area (Å²) in [6.45, 7) is 14.0. The molecule has 2 aliphatic rings. The quantitative estimate of drug-likeness (QED) is 0.642. The Balaban J connectivity index is 2.00. The minimum absolute atomic E-state index is 0.201. The maximum Gasteiger partial charge on any atom is 0.193 e. The summed E-state index contributed by atoms with van der Waals surface area (Å²) in [5.74, 6) is 1.66. The monoisotopic (exact) mass is 295 g/mol. The predicted molar refractivity (Wildman–Crippen MR) is 88.7 cm³/mol. The van der Waals surface area contributed by atoms with E-state index in [0.29, 0.717) is 12.0 Å². The Labute approximate surface area is 130 Å². The minimum atomic E-state index is 0.201. The summed E-state index contributed by atoms with van der Waals surface area (Å²) in [7, 11) is 0. The standard InChI is InChI=1S/C17H33N3O/c1-5-18-16(20-10-6-7-11-20)19-13-14-9-8-12-21-15(14)17(2,3)4/h14-15H,5-13H2,1-4H3,(H,18,19). The van der Waals surface area contributed by atoms with Crippen molar-refractivity contribution < 1.29 is 4.74 Å². The van der Waals surface area contributed by atoms with E-state index in [-0.39, 0.29) is 5.41 Å². The molecule has 2 atom stereocenters. The van der Waals surface area contributed by atoms with E-state index in [0.717, 1.165) is 38.7 Å².